The zero-order valence-corrected chi connectivity index (χ0v) is 21.0. The van der Waals surface area contributed by atoms with Crippen molar-refractivity contribution in [2.75, 3.05) is 18.0 Å². The van der Waals surface area contributed by atoms with Crippen LogP contribution in [0.3, 0.4) is 0 Å². The summed E-state index contributed by atoms with van der Waals surface area (Å²) in [4.78, 5) is 41.4. The van der Waals surface area contributed by atoms with Gasteiger partial charge in [0.2, 0.25) is 11.8 Å². The Morgan fingerprint density at radius 1 is 1.03 bits per heavy atom. The Balaban J connectivity index is 1.30. The van der Waals surface area contributed by atoms with Gasteiger partial charge in [-0.1, -0.05) is 18.9 Å². The quantitative estimate of drug-likeness (QED) is 0.483. The van der Waals surface area contributed by atoms with E-state index in [0.717, 1.165) is 55.8 Å². The number of carbonyl (C=O) groups excluding carboxylic acids is 3. The molecule has 4 aliphatic rings. The lowest BCUT2D eigenvalue weighted by atomic mass is 9.89. The van der Waals surface area contributed by atoms with Gasteiger partial charge in [0.25, 0.3) is 5.91 Å². The molecule has 1 aromatic carbocycles. The molecule has 2 N–H and O–H groups in total. The molecule has 0 bridgehead atoms. The topological polar surface area (TPSA) is 81.8 Å². The zero-order valence-electron chi connectivity index (χ0n) is 21.0. The van der Waals surface area contributed by atoms with E-state index in [1.807, 2.05) is 12.1 Å². The van der Waals surface area contributed by atoms with Crippen LogP contribution in [0, 0.1) is 5.92 Å². The van der Waals surface area contributed by atoms with Crippen LogP contribution in [0.15, 0.2) is 18.2 Å². The Kier molecular flexibility index (Phi) is 7.47. The van der Waals surface area contributed by atoms with Gasteiger partial charge in [-0.2, -0.15) is 13.2 Å². The molecule has 0 spiro atoms. The SMILES string of the molecule is O=C1CCC(N2Cc3c(cccc3N(CCC3CC3)C3CCC(NCCC(F)(F)F)CC3)C2=O)C(=O)N1. The highest BCUT2D eigenvalue weighted by molar-refractivity contribution is 6.06. The number of piperidine rings is 1. The summed E-state index contributed by atoms with van der Waals surface area (Å²) in [6, 6.07) is 5.46. The molecule has 2 heterocycles. The van der Waals surface area contributed by atoms with Crippen LogP contribution in [0.5, 0.6) is 0 Å². The molecular weight excluding hydrogens is 485 g/mol. The monoisotopic (exact) mass is 520 g/mol. The molecule has 1 saturated heterocycles. The molecule has 0 radical (unpaired) electrons. The minimum absolute atomic E-state index is 0.0469. The fourth-order valence-electron chi connectivity index (χ4n) is 6.08. The molecule has 2 aliphatic carbocycles. The Bertz CT molecular complexity index is 1030. The predicted octanol–water partition coefficient (Wildman–Crippen LogP) is 3.91. The summed E-state index contributed by atoms with van der Waals surface area (Å²) in [5, 5.41) is 5.44. The molecule has 5 rings (SSSR count). The normalized spacial score (nSPS) is 26.3. The van der Waals surface area contributed by atoms with Gasteiger partial charge in [-0.15, -0.1) is 0 Å². The zero-order chi connectivity index (χ0) is 26.2. The van der Waals surface area contributed by atoms with Crippen molar-refractivity contribution in [3.63, 3.8) is 0 Å². The van der Waals surface area contributed by atoms with Gasteiger partial charge < -0.3 is 15.1 Å². The highest BCUT2D eigenvalue weighted by atomic mass is 19.4. The van der Waals surface area contributed by atoms with Crippen LogP contribution in [-0.2, 0) is 16.1 Å². The lowest BCUT2D eigenvalue weighted by Gasteiger charge is -2.40. The van der Waals surface area contributed by atoms with Gasteiger partial charge in [0.15, 0.2) is 0 Å². The van der Waals surface area contributed by atoms with Crippen LogP contribution in [0.4, 0.5) is 18.9 Å². The highest BCUT2D eigenvalue weighted by Crippen LogP contribution is 2.39. The lowest BCUT2D eigenvalue weighted by Crippen LogP contribution is -2.52. The van der Waals surface area contributed by atoms with Gasteiger partial charge >= 0.3 is 6.18 Å². The standard InChI is InChI=1S/C27H35F3N4O3/c28-27(29,30)13-14-31-18-6-8-19(9-7-18)33(15-12-17-4-5-17)22-3-1-2-20-21(22)16-34(26(20)37)23-10-11-24(35)32-25(23)36/h1-3,17-19,23,31H,4-16H2,(H,32,35,36). The first-order chi connectivity index (χ1) is 17.7. The average molecular weight is 521 g/mol. The Labute approximate surface area is 215 Å². The van der Waals surface area contributed by atoms with Crippen molar-refractivity contribution in [2.45, 2.75) is 95.1 Å². The summed E-state index contributed by atoms with van der Waals surface area (Å²) in [7, 11) is 0. The summed E-state index contributed by atoms with van der Waals surface area (Å²) in [6.45, 7) is 1.17. The van der Waals surface area contributed by atoms with E-state index in [9.17, 15) is 27.6 Å². The fraction of sp³-hybridized carbons (Fsp3) is 0.667. The van der Waals surface area contributed by atoms with Crippen LogP contribution in [0.25, 0.3) is 0 Å². The van der Waals surface area contributed by atoms with E-state index in [0.29, 0.717) is 18.5 Å². The second-order valence-electron chi connectivity index (χ2n) is 11.0. The molecule has 7 nitrogen and oxygen atoms in total. The van der Waals surface area contributed by atoms with E-state index >= 15 is 0 Å². The first-order valence-electron chi connectivity index (χ1n) is 13.5. The third-order valence-electron chi connectivity index (χ3n) is 8.32. The van der Waals surface area contributed by atoms with Gasteiger partial charge in [0, 0.05) is 55.0 Å². The van der Waals surface area contributed by atoms with E-state index in [1.165, 1.54) is 12.8 Å². The number of nitrogens with one attached hydrogen (secondary N) is 2. The van der Waals surface area contributed by atoms with Crippen molar-refractivity contribution in [1.82, 2.24) is 15.5 Å². The summed E-state index contributed by atoms with van der Waals surface area (Å²) in [5.74, 6) is -0.158. The molecule has 2 saturated carbocycles. The minimum Gasteiger partial charge on any atom is -0.368 e. The number of benzene rings is 1. The lowest BCUT2D eigenvalue weighted by molar-refractivity contribution is -0.137. The second-order valence-corrected chi connectivity index (χ2v) is 11.0. The van der Waals surface area contributed by atoms with Crippen molar-refractivity contribution in [2.24, 2.45) is 5.92 Å². The molecule has 3 amide bonds. The number of imide groups is 1. The third kappa shape index (κ3) is 6.10. The molecule has 202 valence electrons. The summed E-state index contributed by atoms with van der Waals surface area (Å²) in [5.41, 5.74) is 2.56. The molecular formula is C27H35F3N4O3. The summed E-state index contributed by atoms with van der Waals surface area (Å²) >= 11 is 0. The largest absolute Gasteiger partial charge is 0.390 e. The first kappa shape index (κ1) is 26.0. The first-order valence-corrected chi connectivity index (χ1v) is 13.5. The maximum Gasteiger partial charge on any atom is 0.390 e. The summed E-state index contributed by atoms with van der Waals surface area (Å²) in [6.07, 6.45) is 2.57. The number of alkyl halides is 3. The number of halogens is 3. The van der Waals surface area contributed by atoms with Gasteiger partial charge in [0.05, 0.1) is 6.42 Å². The Morgan fingerprint density at radius 3 is 2.46 bits per heavy atom. The minimum atomic E-state index is -4.14. The number of fused-ring (bicyclic) bond motifs is 1. The molecule has 2 aliphatic heterocycles. The molecule has 1 atom stereocenters. The predicted molar refractivity (Wildman–Crippen MR) is 132 cm³/mol. The Morgan fingerprint density at radius 2 is 1.78 bits per heavy atom. The van der Waals surface area contributed by atoms with Crippen molar-refractivity contribution >= 4 is 23.4 Å². The molecule has 0 aromatic heterocycles. The molecule has 1 unspecified atom stereocenters. The smallest absolute Gasteiger partial charge is 0.368 e. The van der Waals surface area contributed by atoms with Crippen LogP contribution >= 0.6 is 0 Å². The van der Waals surface area contributed by atoms with Crippen LogP contribution in [-0.4, -0.2) is 60.0 Å². The number of rotatable bonds is 9. The van der Waals surface area contributed by atoms with Crippen molar-refractivity contribution in [3.8, 4) is 0 Å². The van der Waals surface area contributed by atoms with E-state index in [1.54, 1.807) is 4.90 Å². The molecule has 3 fully saturated rings. The van der Waals surface area contributed by atoms with Gasteiger partial charge in [-0.05, 0) is 56.6 Å². The number of anilines is 1. The average Bonchev–Trinajstić information content (AvgIpc) is 3.62. The number of carbonyl (C=O) groups is 3. The molecule has 1 aromatic rings. The van der Waals surface area contributed by atoms with E-state index in [4.69, 9.17) is 0 Å². The van der Waals surface area contributed by atoms with E-state index in [2.05, 4.69) is 21.6 Å². The molecule has 10 heteroatoms. The van der Waals surface area contributed by atoms with Crippen LogP contribution in [0.2, 0.25) is 0 Å². The van der Waals surface area contributed by atoms with E-state index < -0.39 is 24.5 Å². The maximum absolute atomic E-state index is 13.3. The number of nitrogens with zero attached hydrogens (tertiary/aromatic N) is 2. The maximum atomic E-state index is 13.3. The Hall–Kier alpha value is -2.62. The van der Waals surface area contributed by atoms with Crippen molar-refractivity contribution in [1.29, 1.82) is 0 Å². The second kappa shape index (κ2) is 10.6. The highest BCUT2D eigenvalue weighted by Gasteiger charge is 2.41. The number of amides is 3. The molecule has 37 heavy (non-hydrogen) atoms. The summed E-state index contributed by atoms with van der Waals surface area (Å²) < 4.78 is 37.6. The van der Waals surface area contributed by atoms with E-state index in [-0.39, 0.29) is 36.9 Å². The number of hydrogen-bond donors (Lipinski definition) is 2. The van der Waals surface area contributed by atoms with Crippen molar-refractivity contribution in [3.05, 3.63) is 29.3 Å². The number of hydrogen-bond acceptors (Lipinski definition) is 5. The third-order valence-corrected chi connectivity index (χ3v) is 8.32. The van der Waals surface area contributed by atoms with Crippen molar-refractivity contribution < 1.29 is 27.6 Å². The van der Waals surface area contributed by atoms with Crippen LogP contribution < -0.4 is 15.5 Å². The fourth-order valence-corrected chi connectivity index (χ4v) is 6.08. The van der Waals surface area contributed by atoms with Gasteiger partial charge in [0.1, 0.15) is 6.04 Å². The van der Waals surface area contributed by atoms with Gasteiger partial charge in [-0.3, -0.25) is 19.7 Å². The van der Waals surface area contributed by atoms with Crippen LogP contribution in [0.1, 0.15) is 80.1 Å². The van der Waals surface area contributed by atoms with Gasteiger partial charge in [-0.25, -0.2) is 0 Å².